The number of pyridine rings is 1. The molecule has 1 aliphatic rings. The number of nitrogens with zero attached hydrogens (tertiary/aromatic N) is 3. The first-order valence-corrected chi connectivity index (χ1v) is 7.44. The van der Waals surface area contributed by atoms with Crippen molar-refractivity contribution in [2.24, 2.45) is 5.92 Å². The van der Waals surface area contributed by atoms with Crippen molar-refractivity contribution in [2.75, 3.05) is 11.5 Å². The second-order valence-electron chi connectivity index (χ2n) is 4.43. The first-order chi connectivity index (χ1) is 8.34. The Morgan fingerprint density at radius 3 is 3.00 bits per heavy atom. The number of aromatic nitrogens is 3. The molecule has 90 valence electrons. The first kappa shape index (κ1) is 11.4. The minimum atomic E-state index is 0.672. The molecule has 0 amide bonds. The molecule has 0 aliphatic carbocycles. The number of hydrogen-bond donors (Lipinski definition) is 0. The van der Waals surface area contributed by atoms with Gasteiger partial charge >= 0.3 is 0 Å². The standard InChI is InChI=1S/C12H14ClN3S/c13-10-2-1-5-16-11(14-15-12(10)16)8-9-3-6-17-7-4-9/h1-2,5,9H,3-4,6-8H2. The van der Waals surface area contributed by atoms with E-state index in [9.17, 15) is 0 Å². The molecule has 0 spiro atoms. The fourth-order valence-electron chi connectivity index (χ4n) is 2.28. The van der Waals surface area contributed by atoms with Gasteiger partial charge < -0.3 is 0 Å². The summed E-state index contributed by atoms with van der Waals surface area (Å²) in [7, 11) is 0. The van der Waals surface area contributed by atoms with Crippen LogP contribution in [0, 0.1) is 5.92 Å². The SMILES string of the molecule is Clc1cccn2c(CC3CCSCC3)nnc12. The largest absolute Gasteiger partial charge is 0.285 e. The Kier molecular flexibility index (Phi) is 3.25. The van der Waals surface area contributed by atoms with E-state index in [4.69, 9.17) is 11.6 Å². The molecule has 1 fully saturated rings. The lowest BCUT2D eigenvalue weighted by Gasteiger charge is -2.20. The van der Waals surface area contributed by atoms with Crippen LogP contribution in [-0.4, -0.2) is 26.1 Å². The van der Waals surface area contributed by atoms with Crippen molar-refractivity contribution in [3.8, 4) is 0 Å². The summed E-state index contributed by atoms with van der Waals surface area (Å²) in [6, 6.07) is 3.80. The zero-order chi connectivity index (χ0) is 11.7. The van der Waals surface area contributed by atoms with Gasteiger partial charge in [-0.1, -0.05) is 11.6 Å². The van der Waals surface area contributed by atoms with Crippen molar-refractivity contribution in [3.05, 3.63) is 29.2 Å². The van der Waals surface area contributed by atoms with E-state index in [1.54, 1.807) is 0 Å². The fourth-order valence-corrected chi connectivity index (χ4v) is 3.68. The van der Waals surface area contributed by atoms with Gasteiger partial charge in [0, 0.05) is 12.6 Å². The molecule has 1 saturated heterocycles. The minimum absolute atomic E-state index is 0.672. The maximum absolute atomic E-state index is 6.09. The van der Waals surface area contributed by atoms with Crippen LogP contribution in [0.5, 0.6) is 0 Å². The van der Waals surface area contributed by atoms with E-state index in [1.165, 1.54) is 24.3 Å². The van der Waals surface area contributed by atoms with Gasteiger partial charge in [-0.3, -0.25) is 4.40 Å². The highest BCUT2D eigenvalue weighted by Gasteiger charge is 2.17. The Labute approximate surface area is 110 Å². The molecule has 5 heteroatoms. The summed E-state index contributed by atoms with van der Waals surface area (Å²) >= 11 is 8.14. The van der Waals surface area contributed by atoms with Crippen molar-refractivity contribution in [3.63, 3.8) is 0 Å². The lowest BCUT2D eigenvalue weighted by Crippen LogP contribution is -2.13. The molecule has 2 aromatic heterocycles. The number of thioether (sulfide) groups is 1. The molecule has 0 atom stereocenters. The molecular formula is C12H14ClN3S. The zero-order valence-electron chi connectivity index (χ0n) is 9.47. The number of halogens is 1. The van der Waals surface area contributed by atoms with Gasteiger partial charge in [0.2, 0.25) is 0 Å². The van der Waals surface area contributed by atoms with Crippen LogP contribution in [-0.2, 0) is 6.42 Å². The average Bonchev–Trinajstić information content (AvgIpc) is 2.76. The molecule has 3 nitrogen and oxygen atoms in total. The molecular weight excluding hydrogens is 254 g/mol. The predicted molar refractivity (Wildman–Crippen MR) is 71.8 cm³/mol. The van der Waals surface area contributed by atoms with Gasteiger partial charge in [0.05, 0.1) is 5.02 Å². The average molecular weight is 268 g/mol. The number of fused-ring (bicyclic) bond motifs is 1. The van der Waals surface area contributed by atoms with Gasteiger partial charge in [-0.25, -0.2) is 0 Å². The molecule has 1 aliphatic heterocycles. The number of rotatable bonds is 2. The Balaban J connectivity index is 1.87. The van der Waals surface area contributed by atoms with Gasteiger partial charge in [0.1, 0.15) is 5.82 Å². The predicted octanol–water partition coefficient (Wildman–Crippen LogP) is 3.07. The van der Waals surface area contributed by atoms with Crippen molar-refractivity contribution < 1.29 is 0 Å². The molecule has 0 unspecified atom stereocenters. The maximum atomic E-state index is 6.09. The van der Waals surface area contributed by atoms with Crippen LogP contribution < -0.4 is 0 Å². The Morgan fingerprint density at radius 1 is 1.35 bits per heavy atom. The van der Waals surface area contributed by atoms with Crippen LogP contribution in [0.2, 0.25) is 5.02 Å². The van der Waals surface area contributed by atoms with E-state index in [-0.39, 0.29) is 0 Å². The number of hydrogen-bond acceptors (Lipinski definition) is 3. The third kappa shape index (κ3) is 2.29. The van der Waals surface area contributed by atoms with Crippen LogP contribution in [0.15, 0.2) is 18.3 Å². The molecule has 0 bridgehead atoms. The molecule has 3 heterocycles. The molecule has 0 saturated carbocycles. The van der Waals surface area contributed by atoms with Gasteiger partial charge in [-0.05, 0) is 42.4 Å². The van der Waals surface area contributed by atoms with Gasteiger partial charge in [-0.2, -0.15) is 11.8 Å². The van der Waals surface area contributed by atoms with Crippen molar-refractivity contribution in [1.29, 1.82) is 0 Å². The highest BCUT2D eigenvalue weighted by atomic mass is 35.5. The first-order valence-electron chi connectivity index (χ1n) is 5.90. The third-order valence-corrected chi connectivity index (χ3v) is 4.61. The van der Waals surface area contributed by atoms with Crippen LogP contribution in [0.1, 0.15) is 18.7 Å². The summed E-state index contributed by atoms with van der Waals surface area (Å²) in [4.78, 5) is 0. The van der Waals surface area contributed by atoms with Gasteiger partial charge in [-0.15, -0.1) is 10.2 Å². The summed E-state index contributed by atoms with van der Waals surface area (Å²) in [5, 5.41) is 9.10. The minimum Gasteiger partial charge on any atom is -0.285 e. The quantitative estimate of drug-likeness (QED) is 0.838. The van der Waals surface area contributed by atoms with E-state index in [2.05, 4.69) is 22.0 Å². The Hall–Kier alpha value is -0.740. The van der Waals surface area contributed by atoms with Gasteiger partial charge in [0.15, 0.2) is 5.65 Å². The lowest BCUT2D eigenvalue weighted by molar-refractivity contribution is 0.474. The molecule has 17 heavy (non-hydrogen) atoms. The maximum Gasteiger partial charge on any atom is 0.179 e. The normalized spacial score (nSPS) is 17.7. The lowest BCUT2D eigenvalue weighted by atomic mass is 9.98. The highest BCUT2D eigenvalue weighted by Crippen LogP contribution is 2.26. The van der Waals surface area contributed by atoms with Crippen LogP contribution >= 0.6 is 23.4 Å². The molecule has 2 aromatic rings. The van der Waals surface area contributed by atoms with E-state index < -0.39 is 0 Å². The van der Waals surface area contributed by atoms with Crippen molar-refractivity contribution in [1.82, 2.24) is 14.6 Å². The van der Waals surface area contributed by atoms with Crippen LogP contribution in [0.4, 0.5) is 0 Å². The smallest absolute Gasteiger partial charge is 0.179 e. The van der Waals surface area contributed by atoms with Crippen molar-refractivity contribution in [2.45, 2.75) is 19.3 Å². The van der Waals surface area contributed by atoms with Crippen molar-refractivity contribution >= 4 is 29.0 Å². The summed E-state index contributed by atoms with van der Waals surface area (Å²) in [5.74, 6) is 4.35. The molecule has 0 radical (unpaired) electrons. The van der Waals surface area contributed by atoms with Crippen LogP contribution in [0.3, 0.4) is 0 Å². The second kappa shape index (κ2) is 4.86. The van der Waals surface area contributed by atoms with E-state index in [0.29, 0.717) is 5.02 Å². The summed E-state index contributed by atoms with van der Waals surface area (Å²) in [6.45, 7) is 0. The Morgan fingerprint density at radius 2 is 2.18 bits per heavy atom. The molecule has 0 aromatic carbocycles. The third-order valence-electron chi connectivity index (χ3n) is 3.27. The Bertz CT molecular complexity index is 519. The summed E-state index contributed by atoms with van der Waals surface area (Å²) < 4.78 is 2.02. The summed E-state index contributed by atoms with van der Waals surface area (Å²) in [5.41, 5.74) is 0.773. The molecule has 3 rings (SSSR count). The highest BCUT2D eigenvalue weighted by molar-refractivity contribution is 7.99. The second-order valence-corrected chi connectivity index (χ2v) is 6.06. The van der Waals surface area contributed by atoms with Gasteiger partial charge in [0.25, 0.3) is 0 Å². The van der Waals surface area contributed by atoms with E-state index in [0.717, 1.165) is 23.8 Å². The van der Waals surface area contributed by atoms with E-state index in [1.807, 2.05) is 22.7 Å². The van der Waals surface area contributed by atoms with Crippen LogP contribution in [0.25, 0.3) is 5.65 Å². The summed E-state index contributed by atoms with van der Waals surface area (Å²) in [6.07, 6.45) is 5.59. The van der Waals surface area contributed by atoms with E-state index >= 15 is 0 Å². The molecule has 0 N–H and O–H groups in total. The zero-order valence-corrected chi connectivity index (χ0v) is 11.0. The fraction of sp³-hybridized carbons (Fsp3) is 0.500. The topological polar surface area (TPSA) is 30.2 Å². The monoisotopic (exact) mass is 267 g/mol.